The molecule has 0 amide bonds. The summed E-state index contributed by atoms with van der Waals surface area (Å²) in [4.78, 5) is 0. The molecular weight excluding hydrogens is 229 g/mol. The van der Waals surface area contributed by atoms with Gasteiger partial charge in [0, 0.05) is 0 Å². The number of hydrogen-bond acceptors (Lipinski definition) is 2. The minimum Gasteiger partial charge on any atom is -0.283 e. The Balaban J connectivity index is 2.32. The largest absolute Gasteiger partial charge is 0.497 e. The van der Waals surface area contributed by atoms with Crippen molar-refractivity contribution in [3.05, 3.63) is 35.9 Å². The molecule has 0 heterocycles. The Morgan fingerprint density at radius 1 is 1.20 bits per heavy atom. The summed E-state index contributed by atoms with van der Waals surface area (Å²) in [7, 11) is 0. The van der Waals surface area contributed by atoms with Crippen LogP contribution >= 0.6 is 0 Å². The van der Waals surface area contributed by atoms with Crippen LogP contribution in [0.15, 0.2) is 30.3 Å². The molecule has 0 N–H and O–H groups in total. The van der Waals surface area contributed by atoms with Gasteiger partial charge in [-0.3, -0.25) is 4.18 Å². The van der Waals surface area contributed by atoms with Crippen molar-refractivity contribution in [3.63, 3.8) is 0 Å². The van der Waals surface area contributed by atoms with Crippen LogP contribution in [0, 0.1) is 0 Å². The van der Waals surface area contributed by atoms with Gasteiger partial charge in [0.1, 0.15) is 0 Å². The van der Waals surface area contributed by atoms with Crippen molar-refractivity contribution in [1.29, 1.82) is 0 Å². The SMILES string of the molecule is O=S(OCCc1ccccc1)C(F)(F)F. The van der Waals surface area contributed by atoms with Gasteiger partial charge in [0.25, 0.3) is 11.1 Å². The van der Waals surface area contributed by atoms with Gasteiger partial charge in [-0.25, -0.2) is 4.21 Å². The quantitative estimate of drug-likeness (QED) is 0.805. The Bertz CT molecular complexity index is 324. The molecule has 2 nitrogen and oxygen atoms in total. The zero-order valence-corrected chi connectivity index (χ0v) is 8.48. The second-order valence-electron chi connectivity index (χ2n) is 2.74. The van der Waals surface area contributed by atoms with E-state index in [0.29, 0.717) is 6.42 Å². The number of benzene rings is 1. The van der Waals surface area contributed by atoms with E-state index in [2.05, 4.69) is 4.18 Å². The van der Waals surface area contributed by atoms with Gasteiger partial charge >= 0.3 is 5.51 Å². The van der Waals surface area contributed by atoms with Crippen LogP contribution in [0.5, 0.6) is 0 Å². The number of rotatable bonds is 4. The van der Waals surface area contributed by atoms with Gasteiger partial charge in [-0.1, -0.05) is 30.3 Å². The summed E-state index contributed by atoms with van der Waals surface area (Å²) in [6, 6.07) is 8.88. The summed E-state index contributed by atoms with van der Waals surface area (Å²) in [5.41, 5.74) is -3.95. The van der Waals surface area contributed by atoms with Crippen LogP contribution < -0.4 is 0 Å². The lowest BCUT2D eigenvalue weighted by atomic mass is 10.2. The molecule has 0 aliphatic rings. The fraction of sp³-hybridized carbons (Fsp3) is 0.333. The van der Waals surface area contributed by atoms with E-state index in [1.807, 2.05) is 0 Å². The Morgan fingerprint density at radius 2 is 1.80 bits per heavy atom. The van der Waals surface area contributed by atoms with Gasteiger partial charge in [0.05, 0.1) is 6.61 Å². The molecule has 15 heavy (non-hydrogen) atoms. The fourth-order valence-corrected chi connectivity index (χ4v) is 1.32. The highest BCUT2D eigenvalue weighted by Gasteiger charge is 2.38. The van der Waals surface area contributed by atoms with Gasteiger partial charge < -0.3 is 0 Å². The minimum atomic E-state index is -4.79. The van der Waals surface area contributed by atoms with Crippen molar-refractivity contribution < 1.29 is 21.6 Å². The lowest BCUT2D eigenvalue weighted by Gasteiger charge is -2.05. The van der Waals surface area contributed by atoms with Crippen LogP contribution in [0.25, 0.3) is 0 Å². The topological polar surface area (TPSA) is 26.3 Å². The lowest BCUT2D eigenvalue weighted by Crippen LogP contribution is -2.19. The smallest absolute Gasteiger partial charge is 0.283 e. The Morgan fingerprint density at radius 3 is 2.33 bits per heavy atom. The van der Waals surface area contributed by atoms with Crippen LogP contribution in [-0.2, 0) is 21.7 Å². The first kappa shape index (κ1) is 12.2. The van der Waals surface area contributed by atoms with Crippen LogP contribution in [0.2, 0.25) is 0 Å². The Hall–Kier alpha value is -0.880. The van der Waals surface area contributed by atoms with Gasteiger partial charge in [-0.05, 0) is 12.0 Å². The molecular formula is C9H9F3O2S. The van der Waals surface area contributed by atoms with Crippen LogP contribution in [0.4, 0.5) is 13.2 Å². The molecule has 84 valence electrons. The van der Waals surface area contributed by atoms with E-state index in [-0.39, 0.29) is 6.61 Å². The third kappa shape index (κ3) is 4.44. The monoisotopic (exact) mass is 238 g/mol. The maximum absolute atomic E-state index is 11.7. The number of hydrogen-bond donors (Lipinski definition) is 0. The summed E-state index contributed by atoms with van der Waals surface area (Å²) < 4.78 is 49.8. The van der Waals surface area contributed by atoms with Gasteiger partial charge in [0.2, 0.25) is 0 Å². The van der Waals surface area contributed by atoms with E-state index in [4.69, 9.17) is 0 Å². The third-order valence-electron chi connectivity index (χ3n) is 1.61. The van der Waals surface area contributed by atoms with E-state index >= 15 is 0 Å². The normalized spacial score (nSPS) is 13.8. The third-order valence-corrected chi connectivity index (χ3v) is 2.37. The predicted molar refractivity (Wildman–Crippen MR) is 50.3 cm³/mol. The minimum absolute atomic E-state index is 0.212. The average molecular weight is 238 g/mol. The molecule has 0 saturated heterocycles. The van der Waals surface area contributed by atoms with Crippen LogP contribution in [-0.4, -0.2) is 16.3 Å². The molecule has 1 unspecified atom stereocenters. The zero-order chi connectivity index (χ0) is 11.3. The van der Waals surface area contributed by atoms with E-state index in [0.717, 1.165) is 5.56 Å². The molecule has 1 rings (SSSR count). The van der Waals surface area contributed by atoms with Crippen molar-refractivity contribution in [3.8, 4) is 0 Å². The molecule has 0 spiro atoms. The molecule has 0 saturated carbocycles. The Kier molecular flexibility index (Phi) is 4.28. The first-order chi connectivity index (χ1) is 7.00. The van der Waals surface area contributed by atoms with Crippen molar-refractivity contribution >= 4 is 11.1 Å². The van der Waals surface area contributed by atoms with Crippen molar-refractivity contribution in [2.45, 2.75) is 11.9 Å². The highest BCUT2D eigenvalue weighted by atomic mass is 32.2. The molecule has 0 aliphatic heterocycles. The highest BCUT2D eigenvalue weighted by molar-refractivity contribution is 7.81. The van der Waals surface area contributed by atoms with Crippen molar-refractivity contribution in [2.24, 2.45) is 0 Å². The molecule has 0 fully saturated rings. The highest BCUT2D eigenvalue weighted by Crippen LogP contribution is 2.20. The van der Waals surface area contributed by atoms with Gasteiger partial charge in [-0.15, -0.1) is 0 Å². The number of halogens is 3. The molecule has 0 radical (unpaired) electrons. The van der Waals surface area contributed by atoms with Crippen LogP contribution in [0.1, 0.15) is 5.56 Å². The van der Waals surface area contributed by atoms with E-state index in [1.165, 1.54) is 0 Å². The summed E-state index contributed by atoms with van der Waals surface area (Å²) in [5.74, 6) is 0. The first-order valence-corrected chi connectivity index (χ1v) is 5.23. The summed E-state index contributed by atoms with van der Waals surface area (Å²) in [6.45, 7) is -0.212. The maximum atomic E-state index is 11.7. The van der Waals surface area contributed by atoms with E-state index in [9.17, 15) is 17.4 Å². The second kappa shape index (κ2) is 5.27. The summed E-state index contributed by atoms with van der Waals surface area (Å²) in [5, 5.41) is 0. The molecule has 0 aliphatic carbocycles. The van der Waals surface area contributed by atoms with E-state index in [1.54, 1.807) is 30.3 Å². The van der Waals surface area contributed by atoms with E-state index < -0.39 is 16.6 Å². The second-order valence-corrected chi connectivity index (χ2v) is 3.91. The van der Waals surface area contributed by atoms with Crippen molar-refractivity contribution in [2.75, 3.05) is 6.61 Å². The summed E-state index contributed by atoms with van der Waals surface area (Å²) >= 11 is -3.21. The first-order valence-electron chi connectivity index (χ1n) is 4.16. The van der Waals surface area contributed by atoms with Crippen molar-refractivity contribution in [1.82, 2.24) is 0 Å². The summed E-state index contributed by atoms with van der Waals surface area (Å²) in [6.07, 6.45) is 0.308. The van der Waals surface area contributed by atoms with Crippen LogP contribution in [0.3, 0.4) is 0 Å². The molecule has 0 aromatic heterocycles. The molecule has 6 heteroatoms. The standard InChI is InChI=1S/C9H9F3O2S/c10-9(11,12)15(13)14-7-6-8-4-2-1-3-5-8/h1-5H,6-7H2. The van der Waals surface area contributed by atoms with Gasteiger partial charge in [-0.2, -0.15) is 13.2 Å². The Labute approximate surface area is 87.7 Å². The molecule has 1 aromatic carbocycles. The molecule has 1 aromatic rings. The molecule has 0 bridgehead atoms. The number of alkyl halides is 3. The lowest BCUT2D eigenvalue weighted by molar-refractivity contribution is -0.0471. The fourth-order valence-electron chi connectivity index (χ4n) is 0.947. The maximum Gasteiger partial charge on any atom is 0.497 e. The average Bonchev–Trinajstić information content (AvgIpc) is 2.18. The zero-order valence-electron chi connectivity index (χ0n) is 7.66. The van der Waals surface area contributed by atoms with Gasteiger partial charge in [0.15, 0.2) is 0 Å². The molecule has 1 atom stereocenters. The predicted octanol–water partition coefficient (Wildman–Crippen LogP) is 2.43.